The van der Waals surface area contributed by atoms with E-state index in [1.807, 2.05) is 0 Å². The molecule has 1 N–H and O–H groups in total. The highest BCUT2D eigenvalue weighted by molar-refractivity contribution is 5.94. The van der Waals surface area contributed by atoms with Gasteiger partial charge in [0.15, 0.2) is 11.6 Å². The Morgan fingerprint density at radius 2 is 2.19 bits per heavy atom. The maximum absolute atomic E-state index is 13.3. The van der Waals surface area contributed by atoms with Crippen LogP contribution in [0.15, 0.2) is 18.3 Å². The van der Waals surface area contributed by atoms with Crippen LogP contribution < -0.4 is 10.2 Å². The molecule has 0 bridgehead atoms. The number of amides is 1. The van der Waals surface area contributed by atoms with Gasteiger partial charge in [-0.3, -0.25) is 9.69 Å². The quantitative estimate of drug-likeness (QED) is 0.826. The molecule has 7 heteroatoms. The van der Waals surface area contributed by atoms with Gasteiger partial charge in [0, 0.05) is 19.3 Å². The lowest BCUT2D eigenvalue weighted by Crippen LogP contribution is -2.48. The van der Waals surface area contributed by atoms with Crippen LogP contribution >= 0.6 is 24.8 Å². The summed E-state index contributed by atoms with van der Waals surface area (Å²) < 4.78 is 13.3. The Kier molecular flexibility index (Phi) is 6.25. The molecule has 0 spiro atoms. The van der Waals surface area contributed by atoms with E-state index in [0.717, 1.165) is 0 Å². The Hall–Kier alpha value is -0.910. The highest BCUT2D eigenvalue weighted by atomic mass is 35.5. The van der Waals surface area contributed by atoms with Crippen molar-refractivity contribution >= 4 is 36.5 Å². The molecule has 1 fully saturated rings. The fourth-order valence-corrected chi connectivity index (χ4v) is 1.41. The van der Waals surface area contributed by atoms with Crippen molar-refractivity contribution in [1.29, 1.82) is 0 Å². The molecule has 16 heavy (non-hydrogen) atoms. The summed E-state index contributed by atoms with van der Waals surface area (Å²) >= 11 is 0. The number of nitrogens with one attached hydrogen (secondary N) is 1. The number of pyridine rings is 1. The average molecular weight is 268 g/mol. The van der Waals surface area contributed by atoms with Gasteiger partial charge in [0.2, 0.25) is 5.91 Å². The van der Waals surface area contributed by atoms with Gasteiger partial charge in [-0.05, 0) is 12.1 Å². The lowest BCUT2D eigenvalue weighted by atomic mass is 10.3. The van der Waals surface area contributed by atoms with E-state index in [-0.39, 0.29) is 43.1 Å². The predicted molar refractivity (Wildman–Crippen MR) is 63.9 cm³/mol. The van der Waals surface area contributed by atoms with Crippen molar-refractivity contribution < 1.29 is 9.18 Å². The Bertz CT molecular complexity index is 364. The van der Waals surface area contributed by atoms with Gasteiger partial charge in [-0.25, -0.2) is 9.37 Å². The van der Waals surface area contributed by atoms with Crippen molar-refractivity contribution in [2.45, 2.75) is 0 Å². The molecule has 90 valence electrons. The van der Waals surface area contributed by atoms with Gasteiger partial charge in [-0.15, -0.1) is 24.8 Å². The number of halogens is 3. The van der Waals surface area contributed by atoms with Crippen LogP contribution in [-0.4, -0.2) is 30.5 Å². The van der Waals surface area contributed by atoms with Crippen LogP contribution in [0.2, 0.25) is 0 Å². The average Bonchev–Trinajstić information content (AvgIpc) is 2.20. The van der Waals surface area contributed by atoms with Gasteiger partial charge in [-0.2, -0.15) is 0 Å². The molecule has 0 aliphatic carbocycles. The van der Waals surface area contributed by atoms with Crippen LogP contribution in [0.3, 0.4) is 0 Å². The number of aromatic nitrogens is 1. The summed E-state index contributed by atoms with van der Waals surface area (Å²) in [5.41, 5.74) is 0. The maximum Gasteiger partial charge on any atom is 0.242 e. The summed E-state index contributed by atoms with van der Waals surface area (Å²) in [6, 6.07) is 2.81. The van der Waals surface area contributed by atoms with E-state index in [0.29, 0.717) is 13.1 Å². The molecule has 1 aliphatic heterocycles. The van der Waals surface area contributed by atoms with E-state index < -0.39 is 5.82 Å². The number of anilines is 1. The van der Waals surface area contributed by atoms with Crippen molar-refractivity contribution in [3.05, 3.63) is 24.1 Å². The summed E-state index contributed by atoms with van der Waals surface area (Å²) in [5, 5.41) is 2.91. The highest BCUT2D eigenvalue weighted by Crippen LogP contribution is 2.15. The molecule has 1 amide bonds. The van der Waals surface area contributed by atoms with E-state index in [1.165, 1.54) is 23.2 Å². The third-order valence-electron chi connectivity index (χ3n) is 2.08. The molecule has 1 aromatic heterocycles. The minimum atomic E-state index is -0.456. The van der Waals surface area contributed by atoms with Gasteiger partial charge < -0.3 is 5.32 Å². The first-order valence-electron chi connectivity index (χ1n) is 4.40. The Labute approximate surface area is 105 Å². The zero-order valence-electron chi connectivity index (χ0n) is 8.35. The normalized spacial score (nSPS) is 15.1. The fourth-order valence-electron chi connectivity index (χ4n) is 1.41. The third kappa shape index (κ3) is 3.04. The zero-order valence-corrected chi connectivity index (χ0v) is 9.98. The minimum absolute atomic E-state index is 0. The van der Waals surface area contributed by atoms with Crippen LogP contribution in [-0.2, 0) is 4.79 Å². The lowest BCUT2D eigenvalue weighted by molar-refractivity contribution is -0.118. The van der Waals surface area contributed by atoms with Crippen LogP contribution in [0, 0.1) is 5.82 Å². The molecule has 1 aromatic rings. The number of piperazine rings is 1. The van der Waals surface area contributed by atoms with Gasteiger partial charge >= 0.3 is 0 Å². The second kappa shape index (κ2) is 6.62. The molecular weight excluding hydrogens is 256 g/mol. The molecule has 1 aliphatic rings. The van der Waals surface area contributed by atoms with Crippen molar-refractivity contribution in [3.8, 4) is 0 Å². The molecule has 2 rings (SSSR count). The number of hydrogen-bond acceptors (Lipinski definition) is 3. The number of hydrogen-bond donors (Lipinski definition) is 1. The topological polar surface area (TPSA) is 45.2 Å². The number of carbonyl (C=O) groups excluding carboxylic acids is 1. The Balaban J connectivity index is 0.00000112. The standard InChI is InChI=1S/C9H10FN3O.2ClH/c10-7-2-1-3-12-9(7)13-5-4-11-6-8(13)14;;/h1-3,11H,4-6H2;2*1H. The Morgan fingerprint density at radius 1 is 1.44 bits per heavy atom. The number of nitrogens with zero attached hydrogens (tertiary/aromatic N) is 2. The molecule has 0 atom stereocenters. The van der Waals surface area contributed by atoms with Crippen LogP contribution in [0.25, 0.3) is 0 Å². The van der Waals surface area contributed by atoms with Gasteiger partial charge in [0.1, 0.15) is 0 Å². The van der Waals surface area contributed by atoms with E-state index in [4.69, 9.17) is 0 Å². The van der Waals surface area contributed by atoms with Crippen LogP contribution in [0.1, 0.15) is 0 Å². The van der Waals surface area contributed by atoms with Crippen molar-refractivity contribution in [2.75, 3.05) is 24.5 Å². The molecule has 0 saturated carbocycles. The Morgan fingerprint density at radius 3 is 2.81 bits per heavy atom. The summed E-state index contributed by atoms with van der Waals surface area (Å²) in [6.45, 7) is 1.38. The van der Waals surface area contributed by atoms with Crippen molar-refractivity contribution in [1.82, 2.24) is 10.3 Å². The first-order valence-corrected chi connectivity index (χ1v) is 4.40. The maximum atomic E-state index is 13.3. The second-order valence-electron chi connectivity index (χ2n) is 3.03. The van der Waals surface area contributed by atoms with E-state index in [9.17, 15) is 9.18 Å². The summed E-state index contributed by atoms with van der Waals surface area (Å²) in [6.07, 6.45) is 1.48. The highest BCUT2D eigenvalue weighted by Gasteiger charge is 2.22. The smallest absolute Gasteiger partial charge is 0.242 e. The summed E-state index contributed by atoms with van der Waals surface area (Å²) in [7, 11) is 0. The van der Waals surface area contributed by atoms with Crippen LogP contribution in [0.5, 0.6) is 0 Å². The molecular formula is C9H12Cl2FN3O. The summed E-state index contributed by atoms with van der Waals surface area (Å²) in [5.74, 6) is -0.476. The summed E-state index contributed by atoms with van der Waals surface area (Å²) in [4.78, 5) is 16.6. The third-order valence-corrected chi connectivity index (χ3v) is 2.08. The van der Waals surface area contributed by atoms with Gasteiger partial charge in [0.05, 0.1) is 6.54 Å². The molecule has 0 radical (unpaired) electrons. The largest absolute Gasteiger partial charge is 0.307 e. The number of rotatable bonds is 1. The molecule has 4 nitrogen and oxygen atoms in total. The lowest BCUT2D eigenvalue weighted by Gasteiger charge is -2.26. The first-order chi connectivity index (χ1) is 6.79. The zero-order chi connectivity index (χ0) is 9.97. The molecule has 1 saturated heterocycles. The van der Waals surface area contributed by atoms with Crippen molar-refractivity contribution in [2.24, 2.45) is 0 Å². The molecule has 0 aromatic carbocycles. The minimum Gasteiger partial charge on any atom is -0.307 e. The monoisotopic (exact) mass is 267 g/mol. The predicted octanol–water partition coefficient (Wildman–Crippen LogP) is 1.00. The van der Waals surface area contributed by atoms with E-state index >= 15 is 0 Å². The van der Waals surface area contributed by atoms with E-state index in [1.54, 1.807) is 0 Å². The molecule has 0 unspecified atom stereocenters. The number of carbonyl (C=O) groups is 1. The van der Waals surface area contributed by atoms with Crippen LogP contribution in [0.4, 0.5) is 10.2 Å². The first kappa shape index (κ1) is 15.1. The fraction of sp³-hybridized carbons (Fsp3) is 0.333. The second-order valence-corrected chi connectivity index (χ2v) is 3.03. The SMILES string of the molecule is Cl.Cl.O=C1CNCCN1c1ncccc1F. The van der Waals surface area contributed by atoms with E-state index in [2.05, 4.69) is 10.3 Å². The van der Waals surface area contributed by atoms with Gasteiger partial charge in [0.25, 0.3) is 0 Å². The molecule has 2 heterocycles. The van der Waals surface area contributed by atoms with Crippen molar-refractivity contribution in [3.63, 3.8) is 0 Å². The van der Waals surface area contributed by atoms with Gasteiger partial charge in [-0.1, -0.05) is 0 Å².